The third kappa shape index (κ3) is 1.61. The molecule has 0 saturated heterocycles. The topological polar surface area (TPSA) is 26.0 Å². The zero-order chi connectivity index (χ0) is 9.42. The summed E-state index contributed by atoms with van der Waals surface area (Å²) in [7, 11) is 0. The maximum Gasteiger partial charge on any atom is -0.00428 e. The minimum absolute atomic E-state index is 0.751. The van der Waals surface area contributed by atoms with Crippen LogP contribution >= 0.6 is 0 Å². The monoisotopic (exact) mass is 175 g/mol. The molecule has 0 heterocycles. The number of rotatable bonds is 2. The second kappa shape index (κ2) is 3.15. The average molecular weight is 175 g/mol. The van der Waals surface area contributed by atoms with Crippen LogP contribution in [0.5, 0.6) is 0 Å². The molecule has 2 N–H and O–H groups in total. The lowest BCUT2D eigenvalue weighted by molar-refractivity contribution is 0.807. The minimum Gasteiger partial charge on any atom is -0.330 e. The van der Waals surface area contributed by atoms with Crippen LogP contribution in [0.3, 0.4) is 0 Å². The van der Waals surface area contributed by atoms with Crippen LogP contribution in [-0.2, 0) is 0 Å². The van der Waals surface area contributed by atoms with Gasteiger partial charge in [0.05, 0.1) is 0 Å². The standard InChI is InChI=1S/C12H17N/c1-8-3-4-11(9(2)5-8)12-6-10(12)7-13/h3-5,10,12H,6-7,13H2,1-2H3/t10-,12+/m0/s1. The normalized spacial score (nSPS) is 26.1. The Morgan fingerprint density at radius 3 is 2.69 bits per heavy atom. The Morgan fingerprint density at radius 1 is 1.38 bits per heavy atom. The van der Waals surface area contributed by atoms with Crippen molar-refractivity contribution >= 4 is 0 Å². The van der Waals surface area contributed by atoms with Gasteiger partial charge >= 0.3 is 0 Å². The molecule has 0 radical (unpaired) electrons. The quantitative estimate of drug-likeness (QED) is 0.733. The van der Waals surface area contributed by atoms with E-state index < -0.39 is 0 Å². The molecule has 70 valence electrons. The summed E-state index contributed by atoms with van der Waals surface area (Å²) in [5.74, 6) is 1.51. The molecule has 1 nitrogen and oxygen atoms in total. The van der Waals surface area contributed by atoms with Crippen LogP contribution in [0, 0.1) is 19.8 Å². The van der Waals surface area contributed by atoms with Crippen molar-refractivity contribution in [1.29, 1.82) is 0 Å². The molecule has 1 aliphatic carbocycles. The van der Waals surface area contributed by atoms with Crippen LogP contribution in [-0.4, -0.2) is 6.54 Å². The van der Waals surface area contributed by atoms with Crippen LogP contribution in [0.4, 0.5) is 0 Å². The van der Waals surface area contributed by atoms with Crippen molar-refractivity contribution in [2.24, 2.45) is 11.7 Å². The number of nitrogens with two attached hydrogens (primary N) is 1. The molecule has 1 heteroatoms. The van der Waals surface area contributed by atoms with Gasteiger partial charge in [-0.05, 0) is 49.8 Å². The second-order valence-corrected chi connectivity index (χ2v) is 4.20. The third-order valence-corrected chi connectivity index (χ3v) is 3.05. The van der Waals surface area contributed by atoms with Crippen LogP contribution in [0.2, 0.25) is 0 Å². The molecule has 2 atom stereocenters. The predicted octanol–water partition coefficient (Wildman–Crippen LogP) is 2.37. The second-order valence-electron chi connectivity index (χ2n) is 4.20. The van der Waals surface area contributed by atoms with Crippen molar-refractivity contribution in [3.05, 3.63) is 34.9 Å². The van der Waals surface area contributed by atoms with Crippen molar-refractivity contribution in [3.63, 3.8) is 0 Å². The van der Waals surface area contributed by atoms with Gasteiger partial charge < -0.3 is 5.73 Å². The predicted molar refractivity (Wildman–Crippen MR) is 55.8 cm³/mol. The first kappa shape index (κ1) is 8.76. The molecule has 0 bridgehead atoms. The van der Waals surface area contributed by atoms with Gasteiger partial charge in [0.2, 0.25) is 0 Å². The van der Waals surface area contributed by atoms with E-state index >= 15 is 0 Å². The maximum absolute atomic E-state index is 5.64. The fraction of sp³-hybridized carbons (Fsp3) is 0.500. The van der Waals surface area contributed by atoms with Crippen LogP contribution in [0.25, 0.3) is 0 Å². The lowest BCUT2D eigenvalue weighted by atomic mass is 10.0. The molecule has 1 saturated carbocycles. The zero-order valence-electron chi connectivity index (χ0n) is 8.38. The van der Waals surface area contributed by atoms with E-state index in [9.17, 15) is 0 Å². The van der Waals surface area contributed by atoms with E-state index in [2.05, 4.69) is 32.0 Å². The van der Waals surface area contributed by atoms with Gasteiger partial charge in [-0.2, -0.15) is 0 Å². The molecule has 2 rings (SSSR count). The molecule has 1 aromatic rings. The number of hydrogen-bond donors (Lipinski definition) is 1. The van der Waals surface area contributed by atoms with Crippen molar-refractivity contribution in [2.45, 2.75) is 26.2 Å². The summed E-state index contributed by atoms with van der Waals surface area (Å²) in [6.45, 7) is 5.19. The molecule has 0 aliphatic heterocycles. The molecular weight excluding hydrogens is 158 g/mol. The highest BCUT2D eigenvalue weighted by Gasteiger charge is 2.37. The average Bonchev–Trinajstić information content (AvgIpc) is 2.83. The Kier molecular flexibility index (Phi) is 2.12. The van der Waals surface area contributed by atoms with Gasteiger partial charge in [0, 0.05) is 0 Å². The smallest absolute Gasteiger partial charge is 0.00428 e. The summed E-state index contributed by atoms with van der Waals surface area (Å²) < 4.78 is 0. The summed E-state index contributed by atoms with van der Waals surface area (Å²) >= 11 is 0. The molecule has 0 aromatic heterocycles. The minimum atomic E-state index is 0.751. The van der Waals surface area contributed by atoms with Crippen LogP contribution < -0.4 is 5.73 Å². The molecule has 0 amide bonds. The fourth-order valence-corrected chi connectivity index (χ4v) is 2.13. The molecule has 1 aliphatic rings. The van der Waals surface area contributed by atoms with E-state index in [-0.39, 0.29) is 0 Å². The largest absolute Gasteiger partial charge is 0.330 e. The highest BCUT2D eigenvalue weighted by molar-refractivity contribution is 5.36. The zero-order valence-corrected chi connectivity index (χ0v) is 8.38. The first-order valence-corrected chi connectivity index (χ1v) is 4.99. The van der Waals surface area contributed by atoms with Gasteiger partial charge in [-0.3, -0.25) is 0 Å². The van der Waals surface area contributed by atoms with Crippen molar-refractivity contribution in [3.8, 4) is 0 Å². The molecule has 1 fully saturated rings. The molecule has 1 aromatic carbocycles. The van der Waals surface area contributed by atoms with E-state index in [0.29, 0.717) is 0 Å². The van der Waals surface area contributed by atoms with E-state index in [0.717, 1.165) is 18.4 Å². The van der Waals surface area contributed by atoms with Gasteiger partial charge in [-0.15, -0.1) is 0 Å². The summed E-state index contributed by atoms with van der Waals surface area (Å²) in [5.41, 5.74) is 9.94. The molecule has 13 heavy (non-hydrogen) atoms. The maximum atomic E-state index is 5.64. The van der Waals surface area contributed by atoms with E-state index in [1.54, 1.807) is 0 Å². The first-order chi connectivity index (χ1) is 6.22. The SMILES string of the molecule is Cc1ccc([C@@H]2C[C@H]2CN)c(C)c1. The van der Waals surface area contributed by atoms with Gasteiger partial charge in [-0.1, -0.05) is 23.8 Å². The Morgan fingerprint density at radius 2 is 2.15 bits per heavy atom. The van der Waals surface area contributed by atoms with E-state index in [1.165, 1.54) is 23.1 Å². The third-order valence-electron chi connectivity index (χ3n) is 3.05. The van der Waals surface area contributed by atoms with Crippen molar-refractivity contribution in [1.82, 2.24) is 0 Å². The summed E-state index contributed by atoms with van der Waals surface area (Å²) in [5, 5.41) is 0. The van der Waals surface area contributed by atoms with Gasteiger partial charge in [0.25, 0.3) is 0 Å². The fourth-order valence-electron chi connectivity index (χ4n) is 2.13. The summed E-state index contributed by atoms with van der Waals surface area (Å²) in [4.78, 5) is 0. The first-order valence-electron chi connectivity index (χ1n) is 4.99. The lowest BCUT2D eigenvalue weighted by Crippen LogP contribution is -2.02. The number of aryl methyl sites for hydroxylation is 2. The molecular formula is C12H17N. The van der Waals surface area contributed by atoms with Gasteiger partial charge in [-0.25, -0.2) is 0 Å². The summed E-state index contributed by atoms with van der Waals surface area (Å²) in [6.07, 6.45) is 1.29. The highest BCUT2D eigenvalue weighted by atomic mass is 14.6. The van der Waals surface area contributed by atoms with Gasteiger partial charge in [0.15, 0.2) is 0 Å². The molecule has 0 unspecified atom stereocenters. The highest BCUT2D eigenvalue weighted by Crippen LogP contribution is 2.47. The Balaban J connectivity index is 2.22. The van der Waals surface area contributed by atoms with Crippen LogP contribution in [0.1, 0.15) is 29.0 Å². The lowest BCUT2D eigenvalue weighted by Gasteiger charge is -2.05. The van der Waals surface area contributed by atoms with E-state index in [1.807, 2.05) is 0 Å². The van der Waals surface area contributed by atoms with Crippen molar-refractivity contribution in [2.75, 3.05) is 6.54 Å². The Bertz CT molecular complexity index is 317. The summed E-state index contributed by atoms with van der Waals surface area (Å²) in [6, 6.07) is 6.74. The number of benzene rings is 1. The van der Waals surface area contributed by atoms with Crippen LogP contribution in [0.15, 0.2) is 18.2 Å². The number of hydrogen-bond acceptors (Lipinski definition) is 1. The molecule has 0 spiro atoms. The Labute approximate surface area is 80.0 Å². The van der Waals surface area contributed by atoms with E-state index in [4.69, 9.17) is 5.73 Å². The van der Waals surface area contributed by atoms with Gasteiger partial charge in [0.1, 0.15) is 0 Å². The van der Waals surface area contributed by atoms with Crippen molar-refractivity contribution < 1.29 is 0 Å². The Hall–Kier alpha value is -0.820.